The number of nitrogens with zero attached hydrogens (tertiary/aromatic N) is 4. The molecule has 16 heavy (non-hydrogen) atoms. The van der Waals surface area contributed by atoms with Gasteiger partial charge in [0.1, 0.15) is 6.73 Å². The molecular weight excluding hydrogens is 216 g/mol. The summed E-state index contributed by atoms with van der Waals surface area (Å²) in [5, 5.41) is 9.18. The molecule has 0 aromatic carbocycles. The number of ether oxygens (including phenoxy) is 2. The second-order valence-electron chi connectivity index (χ2n) is 2.74. The van der Waals surface area contributed by atoms with Crippen molar-refractivity contribution in [1.82, 2.24) is 15.0 Å². The Morgan fingerprint density at radius 1 is 1.19 bits per heavy atom. The van der Waals surface area contributed by atoms with E-state index in [1.807, 2.05) is 0 Å². The molecule has 0 saturated carbocycles. The van der Waals surface area contributed by atoms with Crippen LogP contribution in [-0.2, 0) is 9.47 Å². The fraction of sp³-hybridized carbons (Fsp3) is 0.571. The predicted molar refractivity (Wildman–Crippen MR) is 56.0 cm³/mol. The van der Waals surface area contributed by atoms with Gasteiger partial charge in [0, 0.05) is 14.2 Å². The molecule has 0 amide bonds. The third kappa shape index (κ3) is 2.66. The number of aromatic nitrogens is 3. The fourth-order valence-corrected chi connectivity index (χ4v) is 1.10. The SMILES string of the molecule is COC(OC)N(CO)c1nc(N)nc(N)n1. The van der Waals surface area contributed by atoms with Crippen molar-refractivity contribution >= 4 is 17.8 Å². The standard InChI is InChI=1S/C7H14N6O3/c1-15-7(16-2)13(3-14)6-11-4(8)10-5(9)12-6/h7,14H,3H2,1-2H3,(H4,8,9,10,11,12). The number of aliphatic hydroxyl groups is 1. The van der Waals surface area contributed by atoms with Gasteiger partial charge >= 0.3 is 0 Å². The van der Waals surface area contributed by atoms with Gasteiger partial charge in [0.25, 0.3) is 0 Å². The van der Waals surface area contributed by atoms with Crippen molar-refractivity contribution in [3.63, 3.8) is 0 Å². The number of anilines is 3. The first kappa shape index (κ1) is 12.4. The Morgan fingerprint density at radius 3 is 2.06 bits per heavy atom. The molecule has 1 heterocycles. The van der Waals surface area contributed by atoms with Crippen molar-refractivity contribution in [3.8, 4) is 0 Å². The zero-order chi connectivity index (χ0) is 12.1. The lowest BCUT2D eigenvalue weighted by atomic mass is 10.7. The monoisotopic (exact) mass is 230 g/mol. The maximum atomic E-state index is 9.18. The van der Waals surface area contributed by atoms with Crippen LogP contribution in [0, 0.1) is 0 Å². The normalized spacial score (nSPS) is 10.8. The number of nitrogens with two attached hydrogens (primary N) is 2. The predicted octanol–water partition coefficient (Wildman–Crippen LogP) is -1.63. The van der Waals surface area contributed by atoms with Crippen molar-refractivity contribution in [1.29, 1.82) is 0 Å². The Labute approximate surface area is 92.0 Å². The van der Waals surface area contributed by atoms with Gasteiger partial charge in [0.2, 0.25) is 24.3 Å². The van der Waals surface area contributed by atoms with E-state index in [0.717, 1.165) is 0 Å². The van der Waals surface area contributed by atoms with Gasteiger partial charge in [-0.1, -0.05) is 0 Å². The topological polar surface area (TPSA) is 133 Å². The molecule has 5 N–H and O–H groups in total. The molecule has 1 aromatic heterocycles. The third-order valence-electron chi connectivity index (χ3n) is 1.73. The van der Waals surface area contributed by atoms with Gasteiger partial charge in [-0.3, -0.25) is 4.90 Å². The van der Waals surface area contributed by atoms with Gasteiger partial charge in [0.15, 0.2) is 0 Å². The lowest BCUT2D eigenvalue weighted by Crippen LogP contribution is -2.40. The molecule has 0 aliphatic carbocycles. The van der Waals surface area contributed by atoms with Crippen molar-refractivity contribution in [2.75, 3.05) is 37.3 Å². The molecule has 1 rings (SSSR count). The quantitative estimate of drug-likeness (QED) is 0.509. The Balaban J connectivity index is 3.02. The summed E-state index contributed by atoms with van der Waals surface area (Å²) in [4.78, 5) is 12.4. The van der Waals surface area contributed by atoms with Crippen LogP contribution in [0.5, 0.6) is 0 Å². The third-order valence-corrected chi connectivity index (χ3v) is 1.73. The van der Waals surface area contributed by atoms with Crippen molar-refractivity contribution in [2.24, 2.45) is 0 Å². The molecule has 9 nitrogen and oxygen atoms in total. The average Bonchev–Trinajstić information content (AvgIpc) is 2.24. The van der Waals surface area contributed by atoms with Gasteiger partial charge in [-0.05, 0) is 0 Å². The average molecular weight is 230 g/mol. The Bertz CT molecular complexity index is 325. The number of rotatable bonds is 5. The second-order valence-corrected chi connectivity index (χ2v) is 2.74. The summed E-state index contributed by atoms with van der Waals surface area (Å²) in [6.07, 6.45) is -0.841. The Hall–Kier alpha value is -1.71. The lowest BCUT2D eigenvalue weighted by Gasteiger charge is -2.26. The van der Waals surface area contributed by atoms with Crippen LogP contribution in [0.2, 0.25) is 0 Å². The number of hydrogen-bond donors (Lipinski definition) is 3. The highest BCUT2D eigenvalue weighted by molar-refractivity contribution is 5.39. The molecule has 0 atom stereocenters. The van der Waals surface area contributed by atoms with E-state index >= 15 is 0 Å². The first-order valence-electron chi connectivity index (χ1n) is 4.32. The minimum Gasteiger partial charge on any atom is -0.376 e. The van der Waals surface area contributed by atoms with Crippen LogP contribution in [0.3, 0.4) is 0 Å². The Morgan fingerprint density at radius 2 is 1.69 bits per heavy atom. The molecule has 0 unspecified atom stereocenters. The van der Waals surface area contributed by atoms with Crippen LogP contribution in [0.4, 0.5) is 17.8 Å². The van der Waals surface area contributed by atoms with Gasteiger partial charge < -0.3 is 26.0 Å². The van der Waals surface area contributed by atoms with Gasteiger partial charge in [-0.2, -0.15) is 15.0 Å². The largest absolute Gasteiger partial charge is 0.376 e. The highest BCUT2D eigenvalue weighted by Gasteiger charge is 2.20. The van der Waals surface area contributed by atoms with Crippen LogP contribution in [0.15, 0.2) is 0 Å². The number of methoxy groups -OCH3 is 2. The summed E-state index contributed by atoms with van der Waals surface area (Å²) in [5.74, 6) is -0.0278. The van der Waals surface area contributed by atoms with Crippen LogP contribution >= 0.6 is 0 Å². The van der Waals surface area contributed by atoms with E-state index in [1.165, 1.54) is 19.1 Å². The molecule has 1 aromatic rings. The Kier molecular flexibility index (Phi) is 4.17. The van der Waals surface area contributed by atoms with Gasteiger partial charge in [-0.25, -0.2) is 0 Å². The molecule has 0 saturated heterocycles. The summed E-state index contributed by atoms with van der Waals surface area (Å²) >= 11 is 0. The van der Waals surface area contributed by atoms with Crippen molar-refractivity contribution in [3.05, 3.63) is 0 Å². The molecular formula is C7H14N6O3. The van der Waals surface area contributed by atoms with Crippen LogP contribution in [0.1, 0.15) is 0 Å². The maximum absolute atomic E-state index is 9.18. The van der Waals surface area contributed by atoms with E-state index in [0.29, 0.717) is 0 Å². The van der Waals surface area contributed by atoms with Crippen molar-refractivity contribution in [2.45, 2.75) is 6.41 Å². The molecule has 0 bridgehead atoms. The van der Waals surface area contributed by atoms with E-state index < -0.39 is 13.1 Å². The summed E-state index contributed by atoms with van der Waals surface area (Å²) in [6, 6.07) is 0. The van der Waals surface area contributed by atoms with E-state index in [1.54, 1.807) is 0 Å². The zero-order valence-electron chi connectivity index (χ0n) is 8.99. The molecule has 0 fully saturated rings. The molecule has 0 aliphatic heterocycles. The minimum atomic E-state index is -0.841. The second kappa shape index (κ2) is 5.39. The number of aliphatic hydroxyl groups excluding tert-OH is 1. The van der Waals surface area contributed by atoms with Gasteiger partial charge in [-0.15, -0.1) is 0 Å². The molecule has 0 aliphatic rings. The summed E-state index contributed by atoms with van der Waals surface area (Å²) in [6.45, 7) is -0.421. The molecule has 0 spiro atoms. The molecule has 90 valence electrons. The summed E-state index contributed by atoms with van der Waals surface area (Å²) in [5.41, 5.74) is 10.8. The number of nitrogen functional groups attached to an aromatic ring is 2. The fourth-order valence-electron chi connectivity index (χ4n) is 1.10. The highest BCUT2D eigenvalue weighted by Crippen LogP contribution is 2.13. The van der Waals surface area contributed by atoms with Crippen LogP contribution in [-0.4, -0.2) is 47.4 Å². The highest BCUT2D eigenvalue weighted by atomic mass is 16.7. The minimum absolute atomic E-state index is 0.0492. The zero-order valence-corrected chi connectivity index (χ0v) is 8.99. The number of hydrogen-bond acceptors (Lipinski definition) is 9. The van der Waals surface area contributed by atoms with Crippen LogP contribution in [0.25, 0.3) is 0 Å². The molecule has 9 heteroatoms. The van der Waals surface area contributed by atoms with Crippen molar-refractivity contribution < 1.29 is 14.6 Å². The maximum Gasteiger partial charge on any atom is 0.244 e. The van der Waals surface area contributed by atoms with E-state index in [9.17, 15) is 5.11 Å². The summed E-state index contributed by atoms with van der Waals surface area (Å²) in [7, 11) is 2.81. The smallest absolute Gasteiger partial charge is 0.244 e. The van der Waals surface area contributed by atoms with E-state index in [4.69, 9.17) is 20.9 Å². The first-order chi connectivity index (χ1) is 7.62. The van der Waals surface area contributed by atoms with E-state index in [-0.39, 0.29) is 17.8 Å². The summed E-state index contributed by atoms with van der Waals surface area (Å²) < 4.78 is 9.90. The molecule has 0 radical (unpaired) electrons. The van der Waals surface area contributed by atoms with E-state index in [2.05, 4.69) is 15.0 Å². The van der Waals surface area contributed by atoms with Gasteiger partial charge in [0.05, 0.1) is 0 Å². The lowest BCUT2D eigenvalue weighted by molar-refractivity contribution is -0.110. The first-order valence-corrected chi connectivity index (χ1v) is 4.32. The van der Waals surface area contributed by atoms with Crippen LogP contribution < -0.4 is 16.4 Å².